The van der Waals surface area contributed by atoms with Gasteiger partial charge in [0, 0.05) is 18.3 Å². The molecule has 0 aliphatic carbocycles. The Labute approximate surface area is 164 Å². The molecular formula is C22H16F2N2O3. The van der Waals surface area contributed by atoms with Gasteiger partial charge < -0.3 is 9.73 Å². The first-order valence-electron chi connectivity index (χ1n) is 8.81. The molecule has 5 nitrogen and oxygen atoms in total. The Bertz CT molecular complexity index is 1280. The maximum absolute atomic E-state index is 13.8. The molecule has 0 aliphatic heterocycles. The van der Waals surface area contributed by atoms with Crippen molar-refractivity contribution in [2.24, 2.45) is 7.05 Å². The predicted molar refractivity (Wildman–Crippen MR) is 106 cm³/mol. The Morgan fingerprint density at radius 1 is 1.00 bits per heavy atom. The van der Waals surface area contributed by atoms with Crippen LogP contribution in [0.15, 0.2) is 63.8 Å². The van der Waals surface area contributed by atoms with Gasteiger partial charge >= 0.3 is 5.76 Å². The van der Waals surface area contributed by atoms with Crippen molar-refractivity contribution in [3.05, 3.63) is 87.9 Å². The Morgan fingerprint density at radius 3 is 2.31 bits per heavy atom. The van der Waals surface area contributed by atoms with Gasteiger partial charge in [-0.05, 0) is 48.4 Å². The van der Waals surface area contributed by atoms with Gasteiger partial charge in [-0.15, -0.1) is 0 Å². The van der Waals surface area contributed by atoms with Gasteiger partial charge in [-0.2, -0.15) is 0 Å². The first-order chi connectivity index (χ1) is 13.9. The lowest BCUT2D eigenvalue weighted by atomic mass is 9.99. The van der Waals surface area contributed by atoms with Crippen LogP contribution in [0.2, 0.25) is 0 Å². The summed E-state index contributed by atoms with van der Waals surface area (Å²) in [4.78, 5) is 24.0. The van der Waals surface area contributed by atoms with Gasteiger partial charge in [-0.1, -0.05) is 24.3 Å². The number of amides is 1. The van der Waals surface area contributed by atoms with Crippen LogP contribution in [0.5, 0.6) is 0 Å². The van der Waals surface area contributed by atoms with Gasteiger partial charge in [0.05, 0.1) is 5.52 Å². The Kier molecular flexibility index (Phi) is 4.50. The molecule has 0 bridgehead atoms. The summed E-state index contributed by atoms with van der Waals surface area (Å²) >= 11 is 0. The molecule has 29 heavy (non-hydrogen) atoms. The molecule has 0 aliphatic rings. The highest BCUT2D eigenvalue weighted by Crippen LogP contribution is 2.30. The number of hydrogen-bond acceptors (Lipinski definition) is 3. The molecule has 0 unspecified atom stereocenters. The second-order valence-electron chi connectivity index (χ2n) is 6.64. The van der Waals surface area contributed by atoms with E-state index in [0.717, 1.165) is 28.8 Å². The van der Waals surface area contributed by atoms with Crippen molar-refractivity contribution >= 4 is 22.7 Å². The number of rotatable bonds is 3. The highest BCUT2D eigenvalue weighted by Gasteiger charge is 2.17. The second-order valence-corrected chi connectivity index (χ2v) is 6.64. The third-order valence-corrected chi connectivity index (χ3v) is 4.85. The van der Waals surface area contributed by atoms with Crippen molar-refractivity contribution in [2.45, 2.75) is 6.92 Å². The number of aryl methyl sites for hydroxylation is 2. The third kappa shape index (κ3) is 3.20. The quantitative estimate of drug-likeness (QED) is 0.551. The SMILES string of the molecule is Cc1c(-c2ccc(NC(=O)c3c(F)cccc3F)cc2)ccc2c1oc(=O)n2C. The molecule has 1 aromatic heterocycles. The van der Waals surface area contributed by atoms with Gasteiger partial charge in [0.2, 0.25) is 0 Å². The zero-order chi connectivity index (χ0) is 20.7. The highest BCUT2D eigenvalue weighted by molar-refractivity contribution is 6.04. The molecule has 0 spiro atoms. The number of hydrogen-bond donors (Lipinski definition) is 1. The summed E-state index contributed by atoms with van der Waals surface area (Å²) in [7, 11) is 1.64. The van der Waals surface area contributed by atoms with E-state index in [0.29, 0.717) is 16.8 Å². The van der Waals surface area contributed by atoms with Crippen molar-refractivity contribution in [3.63, 3.8) is 0 Å². The van der Waals surface area contributed by atoms with Crippen LogP contribution in [-0.4, -0.2) is 10.5 Å². The summed E-state index contributed by atoms with van der Waals surface area (Å²) in [5.41, 5.74) is 3.50. The minimum Gasteiger partial charge on any atom is -0.407 e. The number of fused-ring (bicyclic) bond motifs is 1. The fourth-order valence-corrected chi connectivity index (χ4v) is 3.28. The largest absolute Gasteiger partial charge is 0.419 e. The van der Waals surface area contributed by atoms with E-state index >= 15 is 0 Å². The summed E-state index contributed by atoms with van der Waals surface area (Å²) in [6.07, 6.45) is 0. The Hall–Kier alpha value is -3.74. The molecule has 0 fully saturated rings. The van der Waals surface area contributed by atoms with E-state index in [1.165, 1.54) is 10.6 Å². The zero-order valence-electron chi connectivity index (χ0n) is 15.6. The van der Waals surface area contributed by atoms with Gasteiger partial charge in [-0.25, -0.2) is 13.6 Å². The van der Waals surface area contributed by atoms with Crippen molar-refractivity contribution < 1.29 is 18.0 Å². The standard InChI is InChI=1S/C22H16F2N2O3/c1-12-15(10-11-18-20(12)29-22(28)26(18)2)13-6-8-14(9-7-13)25-21(27)19-16(23)4-3-5-17(19)24/h3-11H,1-2H3,(H,25,27). The number of benzene rings is 3. The molecule has 4 rings (SSSR count). The molecule has 0 atom stereocenters. The van der Waals surface area contributed by atoms with E-state index in [9.17, 15) is 18.4 Å². The van der Waals surface area contributed by atoms with E-state index in [2.05, 4.69) is 5.32 Å². The number of carbonyl (C=O) groups excluding carboxylic acids is 1. The van der Waals surface area contributed by atoms with E-state index in [1.807, 2.05) is 13.0 Å². The van der Waals surface area contributed by atoms with Crippen molar-refractivity contribution in [2.75, 3.05) is 5.32 Å². The summed E-state index contributed by atoms with van der Waals surface area (Å²) in [5.74, 6) is -3.14. The lowest BCUT2D eigenvalue weighted by Crippen LogP contribution is -2.15. The van der Waals surface area contributed by atoms with Crippen molar-refractivity contribution in [3.8, 4) is 11.1 Å². The summed E-state index contributed by atoms with van der Waals surface area (Å²) in [5, 5.41) is 2.49. The molecule has 1 N–H and O–H groups in total. The van der Waals surface area contributed by atoms with Crippen LogP contribution in [-0.2, 0) is 7.05 Å². The molecular weight excluding hydrogens is 378 g/mol. The fourth-order valence-electron chi connectivity index (χ4n) is 3.28. The number of nitrogens with zero attached hydrogens (tertiary/aromatic N) is 1. The van der Waals surface area contributed by atoms with Crippen LogP contribution in [0.1, 0.15) is 15.9 Å². The first-order valence-corrected chi connectivity index (χ1v) is 8.81. The number of halogens is 2. The normalized spacial score (nSPS) is 11.0. The van der Waals surface area contributed by atoms with Crippen LogP contribution in [0.4, 0.5) is 14.5 Å². The predicted octanol–water partition coefficient (Wildman–Crippen LogP) is 4.64. The molecule has 0 saturated heterocycles. The third-order valence-electron chi connectivity index (χ3n) is 4.85. The number of oxazole rings is 1. The maximum Gasteiger partial charge on any atom is 0.419 e. The average molecular weight is 394 g/mol. The Morgan fingerprint density at radius 2 is 1.66 bits per heavy atom. The first kappa shape index (κ1) is 18.6. The van der Waals surface area contributed by atoms with Crippen LogP contribution in [0, 0.1) is 18.6 Å². The van der Waals surface area contributed by atoms with Gasteiger partial charge in [0.1, 0.15) is 17.2 Å². The minimum absolute atomic E-state index is 0.395. The van der Waals surface area contributed by atoms with E-state index in [-0.39, 0.29) is 0 Å². The van der Waals surface area contributed by atoms with E-state index in [1.54, 1.807) is 37.4 Å². The lowest BCUT2D eigenvalue weighted by Gasteiger charge is -2.10. The molecule has 146 valence electrons. The smallest absolute Gasteiger partial charge is 0.407 e. The summed E-state index contributed by atoms with van der Waals surface area (Å²) in [6, 6.07) is 13.8. The van der Waals surface area contributed by atoms with Gasteiger partial charge in [0.25, 0.3) is 5.91 Å². The molecule has 1 heterocycles. The van der Waals surface area contributed by atoms with Crippen LogP contribution in [0.25, 0.3) is 22.2 Å². The fraction of sp³-hybridized carbons (Fsp3) is 0.0909. The second kappa shape index (κ2) is 7.01. The molecule has 0 radical (unpaired) electrons. The number of nitrogens with one attached hydrogen (secondary N) is 1. The number of anilines is 1. The molecule has 7 heteroatoms. The minimum atomic E-state index is -0.924. The van der Waals surface area contributed by atoms with Gasteiger partial charge in [-0.3, -0.25) is 9.36 Å². The van der Waals surface area contributed by atoms with Crippen molar-refractivity contribution in [1.82, 2.24) is 4.57 Å². The number of carbonyl (C=O) groups is 1. The summed E-state index contributed by atoms with van der Waals surface area (Å²) in [6.45, 7) is 1.86. The molecule has 4 aromatic rings. The zero-order valence-corrected chi connectivity index (χ0v) is 15.6. The van der Waals surface area contributed by atoms with E-state index in [4.69, 9.17) is 4.42 Å². The monoisotopic (exact) mass is 394 g/mol. The van der Waals surface area contributed by atoms with Crippen LogP contribution < -0.4 is 11.1 Å². The average Bonchev–Trinajstić information content (AvgIpc) is 2.98. The van der Waals surface area contributed by atoms with E-state index < -0.39 is 28.9 Å². The van der Waals surface area contributed by atoms with Crippen molar-refractivity contribution in [1.29, 1.82) is 0 Å². The van der Waals surface area contributed by atoms with Crippen LogP contribution in [0.3, 0.4) is 0 Å². The van der Waals surface area contributed by atoms with Crippen LogP contribution >= 0.6 is 0 Å². The topological polar surface area (TPSA) is 64.2 Å². The molecule has 1 amide bonds. The van der Waals surface area contributed by atoms with Gasteiger partial charge in [0.15, 0.2) is 5.58 Å². The lowest BCUT2D eigenvalue weighted by molar-refractivity contribution is 0.101. The number of aromatic nitrogens is 1. The highest BCUT2D eigenvalue weighted by atomic mass is 19.1. The molecule has 0 saturated carbocycles. The maximum atomic E-state index is 13.8. The molecule has 3 aromatic carbocycles. The Balaban J connectivity index is 1.63. The summed E-state index contributed by atoms with van der Waals surface area (Å²) < 4.78 is 34.3.